The van der Waals surface area contributed by atoms with Gasteiger partial charge in [-0.15, -0.1) is 0 Å². The SMILES string of the molecule is Cc1cccc(/C=C/c2cc(Cl)cc(Cl)c2)n1. The van der Waals surface area contributed by atoms with Crippen molar-refractivity contribution >= 4 is 35.4 Å². The summed E-state index contributed by atoms with van der Waals surface area (Å²) >= 11 is 11.8. The van der Waals surface area contributed by atoms with Gasteiger partial charge in [-0.05, 0) is 48.9 Å². The van der Waals surface area contributed by atoms with Crippen LogP contribution in [0, 0.1) is 6.92 Å². The maximum absolute atomic E-state index is 5.92. The van der Waals surface area contributed by atoms with Gasteiger partial charge in [0.2, 0.25) is 0 Å². The van der Waals surface area contributed by atoms with Crippen LogP contribution in [0.2, 0.25) is 10.0 Å². The molecular formula is C14H11Cl2N. The Hall–Kier alpha value is -1.31. The molecule has 0 saturated heterocycles. The lowest BCUT2D eigenvalue weighted by Crippen LogP contribution is -1.83. The van der Waals surface area contributed by atoms with E-state index in [2.05, 4.69) is 4.98 Å². The molecule has 2 rings (SSSR count). The number of hydrogen-bond acceptors (Lipinski definition) is 1. The summed E-state index contributed by atoms with van der Waals surface area (Å²) in [7, 11) is 0. The summed E-state index contributed by atoms with van der Waals surface area (Å²) in [5, 5.41) is 1.27. The van der Waals surface area contributed by atoms with Gasteiger partial charge in [-0.2, -0.15) is 0 Å². The average molecular weight is 264 g/mol. The number of aryl methyl sites for hydroxylation is 1. The van der Waals surface area contributed by atoms with Crippen LogP contribution in [0.5, 0.6) is 0 Å². The van der Waals surface area contributed by atoms with Gasteiger partial charge in [0.15, 0.2) is 0 Å². The van der Waals surface area contributed by atoms with Crippen LogP contribution >= 0.6 is 23.2 Å². The number of pyridine rings is 1. The van der Waals surface area contributed by atoms with Crippen LogP contribution in [0.4, 0.5) is 0 Å². The Morgan fingerprint density at radius 2 is 1.71 bits per heavy atom. The third-order valence-corrected chi connectivity index (χ3v) is 2.68. The molecule has 0 aliphatic rings. The summed E-state index contributed by atoms with van der Waals surface area (Å²) in [5.74, 6) is 0. The molecule has 1 nitrogen and oxygen atoms in total. The van der Waals surface area contributed by atoms with Crippen molar-refractivity contribution in [2.75, 3.05) is 0 Å². The number of hydrogen-bond donors (Lipinski definition) is 0. The second kappa shape index (κ2) is 5.35. The van der Waals surface area contributed by atoms with Gasteiger partial charge in [-0.25, -0.2) is 0 Å². The van der Waals surface area contributed by atoms with Crippen LogP contribution in [0.3, 0.4) is 0 Å². The Kier molecular flexibility index (Phi) is 3.82. The third-order valence-electron chi connectivity index (χ3n) is 2.24. The fourth-order valence-electron chi connectivity index (χ4n) is 1.51. The molecule has 0 aliphatic heterocycles. The van der Waals surface area contributed by atoms with Gasteiger partial charge in [0.25, 0.3) is 0 Å². The molecule has 0 bridgehead atoms. The molecule has 0 fully saturated rings. The molecule has 0 unspecified atom stereocenters. The standard InChI is InChI=1S/C14H11Cl2N/c1-10-3-2-4-14(17-10)6-5-11-7-12(15)9-13(16)8-11/h2-9H,1H3/b6-5+. The predicted octanol–water partition coefficient (Wildman–Crippen LogP) is 4.87. The lowest BCUT2D eigenvalue weighted by atomic mass is 10.2. The molecule has 86 valence electrons. The Labute approximate surface area is 111 Å². The van der Waals surface area contributed by atoms with Gasteiger partial charge in [-0.1, -0.05) is 35.3 Å². The largest absolute Gasteiger partial charge is 0.254 e. The van der Waals surface area contributed by atoms with E-state index in [1.807, 2.05) is 49.4 Å². The highest BCUT2D eigenvalue weighted by atomic mass is 35.5. The normalized spacial score (nSPS) is 11.0. The monoisotopic (exact) mass is 263 g/mol. The van der Waals surface area contributed by atoms with Gasteiger partial charge in [-0.3, -0.25) is 4.98 Å². The summed E-state index contributed by atoms with van der Waals surface area (Å²) < 4.78 is 0. The van der Waals surface area contributed by atoms with E-state index in [4.69, 9.17) is 23.2 Å². The Morgan fingerprint density at radius 3 is 2.35 bits per heavy atom. The van der Waals surface area contributed by atoms with Crippen molar-refractivity contribution in [3.63, 3.8) is 0 Å². The molecule has 0 amide bonds. The molecule has 3 heteroatoms. The average Bonchev–Trinajstić information content (AvgIpc) is 2.25. The van der Waals surface area contributed by atoms with Crippen molar-refractivity contribution in [1.82, 2.24) is 4.98 Å². The second-order valence-electron chi connectivity index (χ2n) is 3.74. The molecule has 0 atom stereocenters. The Bertz CT molecular complexity index is 542. The fourth-order valence-corrected chi connectivity index (χ4v) is 2.05. The van der Waals surface area contributed by atoms with E-state index in [0.29, 0.717) is 10.0 Å². The molecule has 0 saturated carbocycles. The van der Waals surface area contributed by atoms with E-state index in [0.717, 1.165) is 17.0 Å². The van der Waals surface area contributed by atoms with Gasteiger partial charge >= 0.3 is 0 Å². The molecule has 0 spiro atoms. The molecule has 0 radical (unpaired) electrons. The van der Waals surface area contributed by atoms with Crippen LogP contribution in [-0.4, -0.2) is 4.98 Å². The smallest absolute Gasteiger partial charge is 0.0633 e. The topological polar surface area (TPSA) is 12.9 Å². The van der Waals surface area contributed by atoms with Crippen molar-refractivity contribution in [2.24, 2.45) is 0 Å². The van der Waals surface area contributed by atoms with Crippen molar-refractivity contribution in [2.45, 2.75) is 6.92 Å². The number of nitrogens with zero attached hydrogens (tertiary/aromatic N) is 1. The van der Waals surface area contributed by atoms with Crippen molar-refractivity contribution in [1.29, 1.82) is 0 Å². The highest BCUT2D eigenvalue weighted by molar-refractivity contribution is 6.34. The van der Waals surface area contributed by atoms with Crippen LogP contribution in [0.15, 0.2) is 36.4 Å². The van der Waals surface area contributed by atoms with Crippen LogP contribution in [0.1, 0.15) is 17.0 Å². The summed E-state index contributed by atoms with van der Waals surface area (Å²) in [6.07, 6.45) is 3.88. The van der Waals surface area contributed by atoms with Crippen molar-refractivity contribution < 1.29 is 0 Å². The summed E-state index contributed by atoms with van der Waals surface area (Å²) in [6.45, 7) is 1.97. The van der Waals surface area contributed by atoms with Crippen LogP contribution in [0.25, 0.3) is 12.2 Å². The number of aromatic nitrogens is 1. The highest BCUT2D eigenvalue weighted by Crippen LogP contribution is 2.20. The first-order chi connectivity index (χ1) is 8.13. The molecular weight excluding hydrogens is 253 g/mol. The lowest BCUT2D eigenvalue weighted by molar-refractivity contribution is 1.18. The predicted molar refractivity (Wildman–Crippen MR) is 74.4 cm³/mol. The Balaban J connectivity index is 2.25. The maximum Gasteiger partial charge on any atom is 0.0633 e. The zero-order chi connectivity index (χ0) is 12.3. The first-order valence-electron chi connectivity index (χ1n) is 5.21. The lowest BCUT2D eigenvalue weighted by Gasteiger charge is -1.98. The van der Waals surface area contributed by atoms with Crippen molar-refractivity contribution in [3.8, 4) is 0 Å². The van der Waals surface area contributed by atoms with E-state index in [1.54, 1.807) is 6.07 Å². The minimum absolute atomic E-state index is 0.634. The van der Waals surface area contributed by atoms with E-state index in [-0.39, 0.29) is 0 Å². The second-order valence-corrected chi connectivity index (χ2v) is 4.61. The third kappa shape index (κ3) is 3.58. The Morgan fingerprint density at radius 1 is 1.00 bits per heavy atom. The summed E-state index contributed by atoms with van der Waals surface area (Å²) in [5.41, 5.74) is 2.88. The molecule has 1 aromatic carbocycles. The zero-order valence-electron chi connectivity index (χ0n) is 9.32. The quantitative estimate of drug-likeness (QED) is 0.754. The summed E-state index contributed by atoms with van der Waals surface area (Å²) in [4.78, 5) is 4.38. The van der Waals surface area contributed by atoms with Crippen LogP contribution in [-0.2, 0) is 0 Å². The molecule has 17 heavy (non-hydrogen) atoms. The summed E-state index contributed by atoms with van der Waals surface area (Å²) in [6, 6.07) is 11.3. The first-order valence-corrected chi connectivity index (χ1v) is 5.97. The van der Waals surface area contributed by atoms with Crippen LogP contribution < -0.4 is 0 Å². The van der Waals surface area contributed by atoms with E-state index >= 15 is 0 Å². The van der Waals surface area contributed by atoms with Gasteiger partial charge in [0.1, 0.15) is 0 Å². The van der Waals surface area contributed by atoms with E-state index in [9.17, 15) is 0 Å². The highest BCUT2D eigenvalue weighted by Gasteiger charge is 1.95. The zero-order valence-corrected chi connectivity index (χ0v) is 10.8. The van der Waals surface area contributed by atoms with Gasteiger partial charge in [0.05, 0.1) is 5.69 Å². The minimum atomic E-state index is 0.634. The molecule has 0 N–H and O–H groups in total. The molecule has 1 aromatic heterocycles. The van der Waals surface area contributed by atoms with E-state index < -0.39 is 0 Å². The van der Waals surface area contributed by atoms with E-state index in [1.165, 1.54) is 0 Å². The minimum Gasteiger partial charge on any atom is -0.254 e. The number of halogens is 2. The maximum atomic E-state index is 5.92. The number of rotatable bonds is 2. The van der Waals surface area contributed by atoms with Gasteiger partial charge < -0.3 is 0 Å². The molecule has 0 aliphatic carbocycles. The van der Waals surface area contributed by atoms with Gasteiger partial charge in [0, 0.05) is 15.7 Å². The first kappa shape index (κ1) is 12.2. The molecule has 1 heterocycles. The number of benzene rings is 1. The fraction of sp³-hybridized carbons (Fsp3) is 0.0714. The van der Waals surface area contributed by atoms with Crippen molar-refractivity contribution in [3.05, 3.63) is 63.4 Å². The molecule has 2 aromatic rings.